The Bertz CT molecular complexity index is 821. The minimum absolute atomic E-state index is 0.401. The molecule has 3 aromatic rings. The molecule has 3 heterocycles. The fourth-order valence-electron chi connectivity index (χ4n) is 3.02. The van der Waals surface area contributed by atoms with Crippen LogP contribution in [-0.4, -0.2) is 30.4 Å². The van der Waals surface area contributed by atoms with Gasteiger partial charge < -0.3 is 9.88 Å². The van der Waals surface area contributed by atoms with Gasteiger partial charge in [0.15, 0.2) is 0 Å². The van der Waals surface area contributed by atoms with Crippen molar-refractivity contribution in [3.63, 3.8) is 0 Å². The summed E-state index contributed by atoms with van der Waals surface area (Å²) in [5, 5.41) is 8.55. The van der Waals surface area contributed by atoms with E-state index in [0.29, 0.717) is 6.04 Å². The molecular formula is C15H17ClN6. The van der Waals surface area contributed by atoms with Crippen LogP contribution in [0.15, 0.2) is 24.5 Å². The molecule has 1 aliphatic heterocycles. The number of halogens is 1. The van der Waals surface area contributed by atoms with Gasteiger partial charge in [-0.25, -0.2) is 14.6 Å². The second kappa shape index (κ2) is 5.37. The van der Waals surface area contributed by atoms with Gasteiger partial charge in [-0.1, -0.05) is 11.6 Å². The second-order valence-corrected chi connectivity index (χ2v) is 6.13. The van der Waals surface area contributed by atoms with E-state index in [1.165, 1.54) is 0 Å². The van der Waals surface area contributed by atoms with E-state index in [9.17, 15) is 0 Å². The van der Waals surface area contributed by atoms with Crippen molar-refractivity contribution in [1.82, 2.24) is 29.6 Å². The zero-order valence-electron chi connectivity index (χ0n) is 12.3. The predicted octanol–water partition coefficient (Wildman–Crippen LogP) is 1.92. The zero-order valence-corrected chi connectivity index (χ0v) is 13.1. The third-order valence-corrected chi connectivity index (χ3v) is 4.52. The van der Waals surface area contributed by atoms with E-state index in [1.54, 1.807) is 6.33 Å². The lowest BCUT2D eigenvalue weighted by Gasteiger charge is -2.23. The third kappa shape index (κ3) is 2.38. The molecule has 1 atom stereocenters. The van der Waals surface area contributed by atoms with E-state index in [2.05, 4.69) is 25.0 Å². The number of rotatable bonds is 3. The Kier molecular flexibility index (Phi) is 3.35. The standard InChI is InChI=1S/C15H17ClN6/c1-21-13-4-2-10(16)6-12(13)20-15(21)7-17-11-3-5-14-18-9-19-22(14)8-11/h2,4,6,9,11,17H,3,5,7-8H2,1H3. The molecule has 1 aliphatic rings. The molecule has 0 aliphatic carbocycles. The van der Waals surface area contributed by atoms with Gasteiger partial charge in [0.2, 0.25) is 0 Å². The second-order valence-electron chi connectivity index (χ2n) is 5.69. The smallest absolute Gasteiger partial charge is 0.138 e. The summed E-state index contributed by atoms with van der Waals surface area (Å²) in [6.45, 7) is 1.60. The molecule has 0 bridgehead atoms. The van der Waals surface area contributed by atoms with Crippen molar-refractivity contribution in [1.29, 1.82) is 0 Å². The number of nitrogens with zero attached hydrogens (tertiary/aromatic N) is 5. The maximum atomic E-state index is 6.04. The highest BCUT2D eigenvalue weighted by atomic mass is 35.5. The molecule has 2 aromatic heterocycles. The lowest BCUT2D eigenvalue weighted by Crippen LogP contribution is -2.37. The number of aromatic nitrogens is 5. The number of hydrogen-bond donors (Lipinski definition) is 1. The topological polar surface area (TPSA) is 60.6 Å². The van der Waals surface area contributed by atoms with E-state index in [1.807, 2.05) is 29.9 Å². The number of imidazole rings is 1. The van der Waals surface area contributed by atoms with Crippen LogP contribution in [0.3, 0.4) is 0 Å². The average Bonchev–Trinajstić information content (AvgIpc) is 3.09. The highest BCUT2D eigenvalue weighted by molar-refractivity contribution is 6.31. The van der Waals surface area contributed by atoms with Crippen LogP contribution < -0.4 is 5.32 Å². The van der Waals surface area contributed by atoms with E-state index in [-0.39, 0.29) is 0 Å². The number of nitrogens with one attached hydrogen (secondary N) is 1. The molecule has 114 valence electrons. The van der Waals surface area contributed by atoms with Gasteiger partial charge in [0.25, 0.3) is 0 Å². The van der Waals surface area contributed by atoms with Gasteiger partial charge in [0.05, 0.1) is 24.1 Å². The summed E-state index contributed by atoms with van der Waals surface area (Å²) in [5.74, 6) is 2.09. The highest BCUT2D eigenvalue weighted by Gasteiger charge is 2.20. The van der Waals surface area contributed by atoms with Gasteiger partial charge in [-0.05, 0) is 24.6 Å². The van der Waals surface area contributed by atoms with Crippen LogP contribution in [0.4, 0.5) is 0 Å². The summed E-state index contributed by atoms with van der Waals surface area (Å²) in [6, 6.07) is 6.22. The average molecular weight is 317 g/mol. The van der Waals surface area contributed by atoms with Gasteiger partial charge in [-0.2, -0.15) is 5.10 Å². The van der Waals surface area contributed by atoms with Gasteiger partial charge in [0, 0.05) is 24.5 Å². The molecule has 1 unspecified atom stereocenters. The van der Waals surface area contributed by atoms with Crippen LogP contribution >= 0.6 is 11.6 Å². The molecule has 6 nitrogen and oxygen atoms in total. The fourth-order valence-corrected chi connectivity index (χ4v) is 3.19. The van der Waals surface area contributed by atoms with Gasteiger partial charge in [-0.15, -0.1) is 0 Å². The predicted molar refractivity (Wildman–Crippen MR) is 84.7 cm³/mol. The number of benzene rings is 1. The van der Waals surface area contributed by atoms with E-state index in [0.717, 1.165) is 53.6 Å². The monoisotopic (exact) mass is 316 g/mol. The molecule has 22 heavy (non-hydrogen) atoms. The molecule has 0 saturated carbocycles. The molecule has 1 N–H and O–H groups in total. The first-order chi connectivity index (χ1) is 10.7. The molecule has 0 fully saturated rings. The maximum absolute atomic E-state index is 6.04. The Hall–Kier alpha value is -1.92. The van der Waals surface area contributed by atoms with Gasteiger partial charge >= 0.3 is 0 Å². The fraction of sp³-hybridized carbons (Fsp3) is 0.400. The summed E-state index contributed by atoms with van der Waals surface area (Å²) in [5.41, 5.74) is 2.04. The van der Waals surface area contributed by atoms with E-state index >= 15 is 0 Å². The van der Waals surface area contributed by atoms with Crippen LogP contribution in [0.25, 0.3) is 11.0 Å². The summed E-state index contributed by atoms with van der Waals surface area (Å²) in [4.78, 5) is 8.93. The minimum atomic E-state index is 0.401. The maximum Gasteiger partial charge on any atom is 0.138 e. The van der Waals surface area contributed by atoms with Crippen LogP contribution in [-0.2, 0) is 26.6 Å². The van der Waals surface area contributed by atoms with Gasteiger partial charge in [-0.3, -0.25) is 0 Å². The first-order valence-corrected chi connectivity index (χ1v) is 7.79. The molecule has 0 spiro atoms. The van der Waals surface area contributed by atoms with Gasteiger partial charge in [0.1, 0.15) is 18.0 Å². The largest absolute Gasteiger partial charge is 0.330 e. The molecule has 4 rings (SSSR count). The Morgan fingerprint density at radius 3 is 3.23 bits per heavy atom. The normalized spacial score (nSPS) is 17.8. The summed E-state index contributed by atoms with van der Waals surface area (Å²) in [6.07, 6.45) is 3.68. The quantitative estimate of drug-likeness (QED) is 0.802. The molecular weight excluding hydrogens is 300 g/mol. The molecule has 0 saturated heterocycles. The summed E-state index contributed by atoms with van der Waals surface area (Å²) in [7, 11) is 2.04. The first-order valence-electron chi connectivity index (χ1n) is 7.41. The van der Waals surface area contributed by atoms with Crippen LogP contribution in [0, 0.1) is 0 Å². The Morgan fingerprint density at radius 2 is 2.32 bits per heavy atom. The van der Waals surface area contributed by atoms with Crippen LogP contribution in [0.2, 0.25) is 5.02 Å². The van der Waals surface area contributed by atoms with Crippen molar-refractivity contribution in [2.24, 2.45) is 7.05 Å². The lowest BCUT2D eigenvalue weighted by atomic mass is 10.1. The van der Waals surface area contributed by atoms with E-state index in [4.69, 9.17) is 11.6 Å². The van der Waals surface area contributed by atoms with Crippen molar-refractivity contribution in [3.05, 3.63) is 41.2 Å². The number of fused-ring (bicyclic) bond motifs is 2. The molecule has 0 amide bonds. The van der Waals surface area contributed by atoms with E-state index < -0.39 is 0 Å². The minimum Gasteiger partial charge on any atom is -0.330 e. The van der Waals surface area contributed by atoms with Crippen LogP contribution in [0.5, 0.6) is 0 Å². The summed E-state index contributed by atoms with van der Waals surface area (Å²) >= 11 is 6.04. The van der Waals surface area contributed by atoms with Crippen molar-refractivity contribution in [2.75, 3.05) is 0 Å². The lowest BCUT2D eigenvalue weighted by molar-refractivity contribution is 0.354. The third-order valence-electron chi connectivity index (χ3n) is 4.29. The van der Waals surface area contributed by atoms with Crippen LogP contribution in [0.1, 0.15) is 18.1 Å². The zero-order chi connectivity index (χ0) is 15.1. The number of aryl methyl sites for hydroxylation is 2. The van der Waals surface area contributed by atoms with Crippen molar-refractivity contribution >= 4 is 22.6 Å². The van der Waals surface area contributed by atoms with Crippen molar-refractivity contribution in [2.45, 2.75) is 32.0 Å². The van der Waals surface area contributed by atoms with Crippen molar-refractivity contribution in [3.8, 4) is 0 Å². The summed E-state index contributed by atoms with van der Waals surface area (Å²) < 4.78 is 4.10. The Balaban J connectivity index is 1.49. The Labute approximate surface area is 133 Å². The molecule has 7 heteroatoms. The highest BCUT2D eigenvalue weighted by Crippen LogP contribution is 2.20. The molecule has 0 radical (unpaired) electrons. The SMILES string of the molecule is Cn1c(CNC2CCc3ncnn3C2)nc2cc(Cl)ccc21. The first kappa shape index (κ1) is 13.7. The Morgan fingerprint density at radius 1 is 1.41 bits per heavy atom. The van der Waals surface area contributed by atoms with Crippen molar-refractivity contribution < 1.29 is 0 Å². The molecule has 1 aromatic carbocycles. The number of hydrogen-bond acceptors (Lipinski definition) is 4.